The van der Waals surface area contributed by atoms with Crippen molar-refractivity contribution in [3.8, 4) is 0 Å². The number of halogens is 2. The largest absolute Gasteiger partial charge is 0.373 e. The van der Waals surface area contributed by atoms with Crippen molar-refractivity contribution < 1.29 is 8.78 Å². The van der Waals surface area contributed by atoms with Crippen LogP contribution < -0.4 is 5.32 Å². The second kappa shape index (κ2) is 4.28. The van der Waals surface area contributed by atoms with Gasteiger partial charge in [-0.05, 0) is 23.6 Å². The molecular weight excluding hydrogens is 222 g/mol. The second-order valence-corrected chi connectivity index (χ2v) is 4.29. The van der Waals surface area contributed by atoms with E-state index in [9.17, 15) is 8.78 Å². The summed E-state index contributed by atoms with van der Waals surface area (Å²) in [5, 5.41) is 3.43. The lowest BCUT2D eigenvalue weighted by atomic mass is 10.0. The van der Waals surface area contributed by atoms with E-state index in [4.69, 9.17) is 0 Å². The first-order valence-corrected chi connectivity index (χ1v) is 5.50. The van der Waals surface area contributed by atoms with Crippen LogP contribution in [0.3, 0.4) is 0 Å². The van der Waals surface area contributed by atoms with Crippen molar-refractivity contribution in [1.82, 2.24) is 4.98 Å². The molecule has 0 saturated carbocycles. The number of anilines is 1. The predicted molar refractivity (Wildman–Crippen MR) is 65.3 cm³/mol. The molecule has 1 heterocycles. The van der Waals surface area contributed by atoms with Crippen LogP contribution in [0.15, 0.2) is 18.2 Å². The van der Waals surface area contributed by atoms with Gasteiger partial charge in [0.2, 0.25) is 0 Å². The molecule has 0 fully saturated rings. The third-order valence-corrected chi connectivity index (χ3v) is 2.72. The van der Waals surface area contributed by atoms with E-state index in [2.05, 4.69) is 10.3 Å². The van der Waals surface area contributed by atoms with Gasteiger partial charge in [-0.15, -0.1) is 0 Å². The number of hydrogen-bond acceptors (Lipinski definition) is 2. The zero-order chi connectivity index (χ0) is 12.6. The monoisotopic (exact) mass is 236 g/mol. The molecule has 1 aromatic heterocycles. The van der Waals surface area contributed by atoms with Crippen LogP contribution in [-0.4, -0.2) is 12.0 Å². The van der Waals surface area contributed by atoms with Gasteiger partial charge in [0.1, 0.15) is 17.2 Å². The minimum Gasteiger partial charge on any atom is -0.373 e. The molecular formula is C13H14F2N2. The molecule has 0 atom stereocenters. The third kappa shape index (κ3) is 2.07. The van der Waals surface area contributed by atoms with Crippen LogP contribution in [0.5, 0.6) is 0 Å². The van der Waals surface area contributed by atoms with Crippen LogP contribution in [-0.2, 0) is 0 Å². The van der Waals surface area contributed by atoms with Crippen LogP contribution >= 0.6 is 0 Å². The van der Waals surface area contributed by atoms with Crippen LogP contribution in [0.1, 0.15) is 25.3 Å². The van der Waals surface area contributed by atoms with Crippen molar-refractivity contribution in [2.45, 2.75) is 19.8 Å². The predicted octanol–water partition coefficient (Wildman–Crippen LogP) is 3.68. The first-order chi connectivity index (χ1) is 8.02. The van der Waals surface area contributed by atoms with E-state index < -0.39 is 11.6 Å². The Morgan fingerprint density at radius 1 is 1.18 bits per heavy atom. The van der Waals surface area contributed by atoms with Crippen LogP contribution in [0.25, 0.3) is 10.9 Å². The molecule has 0 unspecified atom stereocenters. The zero-order valence-corrected chi connectivity index (χ0v) is 10.0. The van der Waals surface area contributed by atoms with Crippen LogP contribution in [0, 0.1) is 11.6 Å². The summed E-state index contributed by atoms with van der Waals surface area (Å²) < 4.78 is 26.7. The molecule has 0 radical (unpaired) electrons. The molecule has 0 aliphatic heterocycles. The molecule has 2 rings (SSSR count). The second-order valence-electron chi connectivity index (χ2n) is 4.29. The molecule has 0 amide bonds. The summed E-state index contributed by atoms with van der Waals surface area (Å²) in [6.45, 7) is 4.03. The average molecular weight is 236 g/mol. The molecule has 0 spiro atoms. The van der Waals surface area contributed by atoms with Crippen molar-refractivity contribution in [3.05, 3.63) is 35.4 Å². The lowest BCUT2D eigenvalue weighted by Gasteiger charge is -2.13. The molecule has 0 aliphatic rings. The van der Waals surface area contributed by atoms with Gasteiger partial charge in [0.25, 0.3) is 0 Å². The quantitative estimate of drug-likeness (QED) is 0.860. The normalized spacial score (nSPS) is 11.2. The fraction of sp³-hybridized carbons (Fsp3) is 0.308. The Labute approximate surface area is 98.7 Å². The molecule has 0 saturated heterocycles. The van der Waals surface area contributed by atoms with Crippen molar-refractivity contribution in [2.75, 3.05) is 12.4 Å². The Bertz CT molecular complexity index is 565. The lowest BCUT2D eigenvalue weighted by molar-refractivity contribution is 0.590. The standard InChI is InChI=1S/C13H14F2N2/c1-7(2)10-5-8-4-9(14)6-11(15)12(8)17-13(10)16-3/h4-7H,1-3H3,(H,16,17). The van der Waals surface area contributed by atoms with E-state index in [1.165, 1.54) is 6.07 Å². The smallest absolute Gasteiger partial charge is 0.152 e. The molecule has 17 heavy (non-hydrogen) atoms. The number of nitrogens with one attached hydrogen (secondary N) is 1. The number of nitrogens with zero attached hydrogens (tertiary/aromatic N) is 1. The number of fused-ring (bicyclic) bond motifs is 1. The molecule has 1 N–H and O–H groups in total. The number of aromatic nitrogens is 1. The van der Waals surface area contributed by atoms with Gasteiger partial charge in [0.15, 0.2) is 5.82 Å². The first-order valence-electron chi connectivity index (χ1n) is 5.50. The summed E-state index contributed by atoms with van der Waals surface area (Å²) >= 11 is 0. The summed E-state index contributed by atoms with van der Waals surface area (Å²) in [6.07, 6.45) is 0. The van der Waals surface area contributed by atoms with E-state index in [-0.39, 0.29) is 11.4 Å². The summed E-state index contributed by atoms with van der Waals surface area (Å²) in [7, 11) is 1.74. The fourth-order valence-corrected chi connectivity index (χ4v) is 1.87. The van der Waals surface area contributed by atoms with Crippen molar-refractivity contribution >= 4 is 16.7 Å². The molecule has 2 aromatic rings. The van der Waals surface area contributed by atoms with Crippen LogP contribution in [0.4, 0.5) is 14.6 Å². The Kier molecular flexibility index (Phi) is 2.96. The number of benzene rings is 1. The zero-order valence-electron chi connectivity index (χ0n) is 10.0. The Hall–Kier alpha value is -1.71. The highest BCUT2D eigenvalue weighted by Crippen LogP contribution is 2.28. The summed E-state index contributed by atoms with van der Waals surface area (Å²) in [5.41, 5.74) is 1.14. The van der Waals surface area contributed by atoms with Gasteiger partial charge in [-0.2, -0.15) is 0 Å². The Morgan fingerprint density at radius 2 is 1.88 bits per heavy atom. The van der Waals surface area contributed by atoms with E-state index in [1.54, 1.807) is 13.1 Å². The lowest BCUT2D eigenvalue weighted by Crippen LogP contribution is -2.02. The van der Waals surface area contributed by atoms with E-state index in [1.807, 2.05) is 13.8 Å². The Morgan fingerprint density at radius 3 is 2.47 bits per heavy atom. The van der Waals surface area contributed by atoms with E-state index in [0.717, 1.165) is 11.6 Å². The Balaban J connectivity index is 2.78. The minimum atomic E-state index is -0.633. The summed E-state index contributed by atoms with van der Waals surface area (Å²) in [6, 6.07) is 3.94. The van der Waals surface area contributed by atoms with Crippen molar-refractivity contribution in [3.63, 3.8) is 0 Å². The van der Waals surface area contributed by atoms with Crippen LogP contribution in [0.2, 0.25) is 0 Å². The van der Waals surface area contributed by atoms with Crippen molar-refractivity contribution in [1.29, 1.82) is 0 Å². The maximum absolute atomic E-state index is 13.6. The van der Waals surface area contributed by atoms with Gasteiger partial charge < -0.3 is 5.32 Å². The minimum absolute atomic E-state index is 0.195. The molecule has 1 aromatic carbocycles. The fourth-order valence-electron chi connectivity index (χ4n) is 1.87. The van der Waals surface area contributed by atoms with E-state index in [0.29, 0.717) is 11.2 Å². The number of rotatable bonds is 2. The highest BCUT2D eigenvalue weighted by molar-refractivity contribution is 5.82. The molecule has 4 heteroatoms. The molecule has 2 nitrogen and oxygen atoms in total. The third-order valence-electron chi connectivity index (χ3n) is 2.72. The SMILES string of the molecule is CNc1nc2c(F)cc(F)cc2cc1C(C)C. The maximum atomic E-state index is 13.6. The first kappa shape index (κ1) is 11.8. The van der Waals surface area contributed by atoms with Gasteiger partial charge in [0.05, 0.1) is 0 Å². The number of hydrogen-bond donors (Lipinski definition) is 1. The van der Waals surface area contributed by atoms with Gasteiger partial charge in [0, 0.05) is 18.5 Å². The molecule has 0 aliphatic carbocycles. The van der Waals surface area contributed by atoms with Gasteiger partial charge >= 0.3 is 0 Å². The molecule has 0 bridgehead atoms. The van der Waals surface area contributed by atoms with Gasteiger partial charge in [-0.1, -0.05) is 13.8 Å². The summed E-state index contributed by atoms with van der Waals surface area (Å²) in [5.74, 6) is -0.339. The molecule has 90 valence electrons. The topological polar surface area (TPSA) is 24.9 Å². The number of pyridine rings is 1. The average Bonchev–Trinajstić information content (AvgIpc) is 2.27. The highest BCUT2D eigenvalue weighted by atomic mass is 19.1. The summed E-state index contributed by atoms with van der Waals surface area (Å²) in [4.78, 5) is 4.20. The van der Waals surface area contributed by atoms with Gasteiger partial charge in [-0.25, -0.2) is 13.8 Å². The van der Waals surface area contributed by atoms with E-state index >= 15 is 0 Å². The van der Waals surface area contributed by atoms with Crippen molar-refractivity contribution in [2.24, 2.45) is 0 Å². The highest BCUT2D eigenvalue weighted by Gasteiger charge is 2.12. The van der Waals surface area contributed by atoms with Gasteiger partial charge in [-0.3, -0.25) is 0 Å². The maximum Gasteiger partial charge on any atom is 0.152 e.